The van der Waals surface area contributed by atoms with Crippen molar-refractivity contribution in [2.75, 3.05) is 19.8 Å². The Morgan fingerprint density at radius 3 is 2.18 bits per heavy atom. The molecule has 2 heterocycles. The van der Waals surface area contributed by atoms with E-state index in [1.807, 2.05) is 0 Å². The lowest BCUT2D eigenvalue weighted by Crippen LogP contribution is -2.60. The van der Waals surface area contributed by atoms with E-state index in [0.29, 0.717) is 24.2 Å². The Hall–Kier alpha value is -4.77. The molecule has 1 unspecified atom stereocenters. The van der Waals surface area contributed by atoms with Crippen molar-refractivity contribution in [2.24, 2.45) is 5.73 Å². The van der Waals surface area contributed by atoms with Crippen LogP contribution in [0.3, 0.4) is 0 Å². The van der Waals surface area contributed by atoms with Gasteiger partial charge in [0.1, 0.15) is 24.7 Å². The van der Waals surface area contributed by atoms with Crippen molar-refractivity contribution in [1.82, 2.24) is 26.2 Å². The van der Waals surface area contributed by atoms with E-state index >= 15 is 0 Å². The number of amides is 6. The van der Waals surface area contributed by atoms with Crippen LogP contribution in [0.2, 0.25) is 0 Å². The molecule has 2 saturated heterocycles. The Morgan fingerprint density at radius 2 is 1.58 bits per heavy atom. The number of ether oxygens (including phenoxy) is 3. The topological polar surface area (TPSA) is 228 Å². The summed E-state index contributed by atoms with van der Waals surface area (Å²) in [6.45, 7) is 5.35. The molecular formula is C38H51ClN6O10. The van der Waals surface area contributed by atoms with Gasteiger partial charge in [0.15, 0.2) is 12.4 Å². The highest BCUT2D eigenvalue weighted by molar-refractivity contribution is 6.21. The number of hydrogen-bond donors (Lipinski definition) is 6. The zero-order valence-electron chi connectivity index (χ0n) is 31.2. The van der Waals surface area contributed by atoms with Gasteiger partial charge < -0.3 is 51.2 Å². The molecule has 7 N–H and O–H groups in total. The monoisotopic (exact) mass is 786 g/mol. The van der Waals surface area contributed by atoms with Crippen LogP contribution in [-0.2, 0) is 51.2 Å². The molecule has 2 aromatic carbocycles. The number of nitrogens with two attached hydrogens (primary N) is 1. The fourth-order valence-corrected chi connectivity index (χ4v) is 6.44. The summed E-state index contributed by atoms with van der Waals surface area (Å²) in [7, 11) is 0. The first-order chi connectivity index (χ1) is 26.1. The van der Waals surface area contributed by atoms with Crippen LogP contribution in [0.5, 0.6) is 0 Å². The van der Waals surface area contributed by atoms with Gasteiger partial charge in [-0.25, -0.2) is 4.79 Å². The quantitative estimate of drug-likeness (QED) is 0.125. The van der Waals surface area contributed by atoms with Gasteiger partial charge in [-0.1, -0.05) is 60.7 Å². The average Bonchev–Trinajstić information content (AvgIpc) is 3.81. The summed E-state index contributed by atoms with van der Waals surface area (Å²) in [5, 5.41) is 21.3. The molecule has 300 valence electrons. The van der Waals surface area contributed by atoms with Crippen LogP contribution >= 0.6 is 11.6 Å². The molecule has 2 fully saturated rings. The van der Waals surface area contributed by atoms with Gasteiger partial charge in [-0.3, -0.25) is 24.0 Å². The Labute approximate surface area is 325 Å². The van der Waals surface area contributed by atoms with Crippen molar-refractivity contribution >= 4 is 47.2 Å². The molecule has 0 aromatic heterocycles. The molecule has 16 nitrogen and oxygen atoms in total. The van der Waals surface area contributed by atoms with Crippen LogP contribution < -0.4 is 27.0 Å². The van der Waals surface area contributed by atoms with E-state index in [1.54, 1.807) is 81.4 Å². The van der Waals surface area contributed by atoms with Gasteiger partial charge in [-0.2, -0.15) is 0 Å². The Bertz CT molecular complexity index is 1620. The van der Waals surface area contributed by atoms with Gasteiger partial charge >= 0.3 is 6.09 Å². The van der Waals surface area contributed by atoms with Gasteiger partial charge in [0.05, 0.1) is 24.4 Å². The molecule has 2 aliphatic rings. The number of carbonyl (C=O) groups is 6. The normalized spacial score (nSPS) is 20.4. The average molecular weight is 787 g/mol. The summed E-state index contributed by atoms with van der Waals surface area (Å²) in [6, 6.07) is 12.3. The minimum absolute atomic E-state index is 0.0256. The maximum Gasteiger partial charge on any atom is 0.408 e. The van der Waals surface area contributed by atoms with Gasteiger partial charge in [-0.05, 0) is 51.2 Å². The molecule has 6 amide bonds. The van der Waals surface area contributed by atoms with Crippen molar-refractivity contribution in [3.63, 3.8) is 0 Å². The molecule has 4 rings (SSSR count). The fraction of sp³-hybridized carbons (Fsp3) is 0.526. The zero-order valence-corrected chi connectivity index (χ0v) is 32.0. The van der Waals surface area contributed by atoms with Gasteiger partial charge in [0.2, 0.25) is 23.6 Å². The highest BCUT2D eigenvalue weighted by Gasteiger charge is 2.44. The van der Waals surface area contributed by atoms with Crippen LogP contribution in [0.25, 0.3) is 0 Å². The molecule has 0 spiro atoms. The first kappa shape index (κ1) is 43.0. The van der Waals surface area contributed by atoms with Crippen LogP contribution in [0.15, 0.2) is 60.7 Å². The summed E-state index contributed by atoms with van der Waals surface area (Å²) in [5.74, 6) is -4.11. The summed E-state index contributed by atoms with van der Waals surface area (Å²) in [5.41, 5.74) is 6.22. The third-order valence-corrected chi connectivity index (χ3v) is 9.11. The van der Waals surface area contributed by atoms with E-state index in [2.05, 4.69) is 21.3 Å². The van der Waals surface area contributed by atoms with Crippen molar-refractivity contribution in [1.29, 1.82) is 0 Å². The van der Waals surface area contributed by atoms with Crippen molar-refractivity contribution < 1.29 is 48.1 Å². The molecule has 17 heteroatoms. The lowest BCUT2D eigenvalue weighted by molar-refractivity contribution is -0.147. The van der Waals surface area contributed by atoms with Crippen molar-refractivity contribution in [3.05, 3.63) is 71.8 Å². The number of rotatable bonds is 17. The first-order valence-corrected chi connectivity index (χ1v) is 18.6. The first-order valence-electron chi connectivity index (χ1n) is 18.2. The molecule has 0 saturated carbocycles. The lowest BCUT2D eigenvalue weighted by Gasteiger charge is -2.32. The largest absolute Gasteiger partial charge is 0.445 e. The number of benzene rings is 2. The van der Waals surface area contributed by atoms with Crippen molar-refractivity contribution in [3.8, 4) is 0 Å². The third kappa shape index (κ3) is 13.8. The number of aliphatic hydroxyl groups is 1. The Morgan fingerprint density at radius 1 is 0.945 bits per heavy atom. The van der Waals surface area contributed by atoms with Gasteiger partial charge in [-0.15, -0.1) is 11.6 Å². The highest BCUT2D eigenvalue weighted by Crippen LogP contribution is 2.25. The van der Waals surface area contributed by atoms with Crippen molar-refractivity contribution in [2.45, 2.75) is 107 Å². The second kappa shape index (κ2) is 20.2. The summed E-state index contributed by atoms with van der Waals surface area (Å²) in [4.78, 5) is 80.8. The maximum atomic E-state index is 13.9. The Kier molecular flexibility index (Phi) is 15.8. The summed E-state index contributed by atoms with van der Waals surface area (Å²) < 4.78 is 16.5. The molecule has 55 heavy (non-hydrogen) atoms. The van der Waals surface area contributed by atoms with E-state index in [4.69, 9.17) is 31.5 Å². The van der Waals surface area contributed by atoms with Gasteiger partial charge in [0, 0.05) is 25.1 Å². The molecule has 0 bridgehead atoms. The van der Waals surface area contributed by atoms with E-state index in [0.717, 1.165) is 6.42 Å². The highest BCUT2D eigenvalue weighted by atomic mass is 35.5. The van der Waals surface area contributed by atoms with E-state index in [-0.39, 0.29) is 32.6 Å². The number of nitrogens with zero attached hydrogens (tertiary/aromatic N) is 1. The summed E-state index contributed by atoms with van der Waals surface area (Å²) >= 11 is 6.40. The van der Waals surface area contributed by atoms with E-state index in [9.17, 15) is 33.9 Å². The minimum atomic E-state index is -1.88. The predicted molar refractivity (Wildman–Crippen MR) is 200 cm³/mol. The molecule has 7 atom stereocenters. The fourth-order valence-electron chi connectivity index (χ4n) is 6.12. The third-order valence-electron chi connectivity index (χ3n) is 8.79. The molecular weight excluding hydrogens is 736 g/mol. The number of alkyl carbamates (subject to hydrolysis) is 1. The minimum Gasteiger partial charge on any atom is -0.445 e. The van der Waals surface area contributed by atoms with Crippen LogP contribution in [0, 0.1) is 0 Å². The lowest BCUT2D eigenvalue weighted by atomic mass is 9.99. The number of hydrogen-bond acceptors (Lipinski definition) is 10. The molecule has 2 aliphatic heterocycles. The van der Waals surface area contributed by atoms with E-state index in [1.165, 1.54) is 4.90 Å². The number of nitrogens with one attached hydrogen (secondary N) is 4. The number of carbonyl (C=O) groups excluding carboxylic acids is 6. The SMILES string of the molecule is CC(C)(C)NC(=O)[C@@H]1C[C@H](Cl)CN1C(=O)[C@@H](O)[C@H](Cc1ccccc1)NC(=O)[C@H](CC(N)=O)NC(=O)[C@H](COC1CCCO1)NC(=O)OCc1ccccc1. The predicted octanol–water partition coefficient (Wildman–Crippen LogP) is 1.01. The molecule has 0 aliphatic carbocycles. The summed E-state index contributed by atoms with van der Waals surface area (Å²) in [6.07, 6.45) is -2.73. The van der Waals surface area contributed by atoms with Gasteiger partial charge in [0.25, 0.3) is 5.91 Å². The molecule has 0 radical (unpaired) electrons. The van der Waals surface area contributed by atoms with Crippen LogP contribution in [0.4, 0.5) is 4.79 Å². The number of alkyl halides is 1. The number of aliphatic hydroxyl groups excluding tert-OH is 1. The number of primary amides is 1. The van der Waals surface area contributed by atoms with E-state index < -0.39 is 89.5 Å². The number of likely N-dealkylation sites (tertiary alicyclic amines) is 1. The van der Waals surface area contributed by atoms with Crippen LogP contribution in [0.1, 0.15) is 57.6 Å². The zero-order chi connectivity index (χ0) is 40.1. The standard InChI is InChI=1S/C38H51ClN6O10/c1-38(2,3)44-35(50)29-18-25(39)20-45(29)36(51)32(47)26(17-23-11-6-4-7-12-23)41-33(48)27(19-30(40)46)42-34(49)28(22-54-31-15-10-16-53-31)43-37(52)55-21-24-13-8-5-9-14-24/h4-9,11-14,25-29,31-32,47H,10,15-22H2,1-3H3,(H2,40,46)(H,41,48)(H,42,49)(H,43,52)(H,44,50)/t25-,26-,27-,28-,29-,31?,32-/m0/s1. The number of halogens is 1. The van der Waals surface area contributed by atoms with Crippen LogP contribution in [-0.4, -0.2) is 113 Å². The second-order valence-electron chi connectivity index (χ2n) is 14.6. The second-order valence-corrected chi connectivity index (χ2v) is 15.2. The Balaban J connectivity index is 1.52. The smallest absolute Gasteiger partial charge is 0.408 e. The maximum absolute atomic E-state index is 13.9. The molecule has 2 aromatic rings.